The zero-order chi connectivity index (χ0) is 19.8. The minimum Gasteiger partial charge on any atom is -0.479 e. The van der Waals surface area contributed by atoms with Crippen molar-refractivity contribution in [2.75, 3.05) is 12.4 Å². The number of carbonyl (C=O) groups is 1. The second-order valence-electron chi connectivity index (χ2n) is 6.00. The summed E-state index contributed by atoms with van der Waals surface area (Å²) < 4.78 is 44.5. The molecule has 0 atom stereocenters. The van der Waals surface area contributed by atoms with Crippen molar-refractivity contribution in [1.29, 1.82) is 0 Å². The Morgan fingerprint density at radius 2 is 1.63 bits per heavy atom. The number of methoxy groups -OCH3 is 1. The molecular weight excluding hydrogens is 359 g/mol. The fraction of sp³-hybridized carbons (Fsp3) is 0.211. The molecule has 8 heteroatoms. The van der Waals surface area contributed by atoms with Crippen molar-refractivity contribution in [3.05, 3.63) is 58.8 Å². The molecule has 1 amide bonds. The van der Waals surface area contributed by atoms with E-state index in [1.165, 1.54) is 25.3 Å². The van der Waals surface area contributed by atoms with Gasteiger partial charge in [0.25, 0.3) is 5.91 Å². The summed E-state index contributed by atoms with van der Waals surface area (Å²) in [6, 6.07) is 8.29. The number of anilines is 1. The number of alkyl halides is 3. The number of ether oxygens (including phenoxy) is 1. The maximum absolute atomic E-state index is 13.1. The highest BCUT2D eigenvalue weighted by molar-refractivity contribution is 6.05. The number of hydrogen-bond acceptors (Lipinski definition) is 4. The molecule has 0 spiro atoms. The summed E-state index contributed by atoms with van der Waals surface area (Å²) in [5.41, 5.74) is 1.43. The zero-order valence-corrected chi connectivity index (χ0v) is 14.8. The maximum atomic E-state index is 13.1. The summed E-state index contributed by atoms with van der Waals surface area (Å²) in [4.78, 5) is 21.1. The van der Waals surface area contributed by atoms with Gasteiger partial charge in [0.2, 0.25) is 5.88 Å². The number of nitrogens with one attached hydrogen (secondary N) is 1. The molecule has 0 bridgehead atoms. The molecule has 3 rings (SSSR count). The molecule has 5 nitrogen and oxygen atoms in total. The van der Waals surface area contributed by atoms with Gasteiger partial charge in [0.15, 0.2) is 5.69 Å². The maximum Gasteiger partial charge on any atom is 0.418 e. The van der Waals surface area contributed by atoms with Crippen LogP contribution in [0.2, 0.25) is 0 Å². The molecule has 1 aromatic heterocycles. The number of carbonyl (C=O) groups excluding carboxylic acids is 1. The van der Waals surface area contributed by atoms with Crippen molar-refractivity contribution >= 4 is 22.6 Å². The van der Waals surface area contributed by atoms with Crippen molar-refractivity contribution in [2.45, 2.75) is 20.0 Å². The average molecular weight is 375 g/mol. The molecule has 0 fully saturated rings. The Balaban J connectivity index is 2.05. The predicted octanol–water partition coefficient (Wildman–Crippen LogP) is 4.53. The predicted molar refractivity (Wildman–Crippen MR) is 95.0 cm³/mol. The van der Waals surface area contributed by atoms with E-state index in [4.69, 9.17) is 4.74 Å². The third-order valence-corrected chi connectivity index (χ3v) is 4.14. The fourth-order valence-electron chi connectivity index (χ4n) is 2.61. The molecule has 2 aromatic carbocycles. The quantitative estimate of drug-likeness (QED) is 0.731. The van der Waals surface area contributed by atoms with Crippen molar-refractivity contribution in [1.82, 2.24) is 9.97 Å². The average Bonchev–Trinajstić information content (AvgIpc) is 2.61. The Bertz CT molecular complexity index is 1030. The molecule has 0 unspecified atom stereocenters. The van der Waals surface area contributed by atoms with Crippen LogP contribution in [0.1, 0.15) is 27.2 Å². The summed E-state index contributed by atoms with van der Waals surface area (Å²) in [6.45, 7) is 3.80. The Morgan fingerprint density at radius 1 is 1.04 bits per heavy atom. The number of para-hydroxylation sites is 1. The van der Waals surface area contributed by atoms with Crippen LogP contribution < -0.4 is 10.1 Å². The third kappa shape index (κ3) is 3.69. The molecule has 0 saturated carbocycles. The van der Waals surface area contributed by atoms with E-state index < -0.39 is 17.6 Å². The second-order valence-corrected chi connectivity index (χ2v) is 6.00. The van der Waals surface area contributed by atoms with Crippen LogP contribution >= 0.6 is 0 Å². The van der Waals surface area contributed by atoms with E-state index in [-0.39, 0.29) is 17.3 Å². The molecule has 140 valence electrons. The van der Waals surface area contributed by atoms with Gasteiger partial charge in [0.1, 0.15) is 0 Å². The van der Waals surface area contributed by atoms with Gasteiger partial charge >= 0.3 is 6.18 Å². The number of rotatable bonds is 3. The van der Waals surface area contributed by atoms with Gasteiger partial charge in [0.05, 0.1) is 29.4 Å². The lowest BCUT2D eigenvalue weighted by molar-refractivity contribution is -0.136. The summed E-state index contributed by atoms with van der Waals surface area (Å²) in [7, 11) is 1.32. The van der Waals surface area contributed by atoms with Gasteiger partial charge in [-0.2, -0.15) is 13.2 Å². The smallest absolute Gasteiger partial charge is 0.418 e. The zero-order valence-electron chi connectivity index (χ0n) is 14.8. The molecule has 3 aromatic rings. The van der Waals surface area contributed by atoms with Gasteiger partial charge in [-0.3, -0.25) is 4.79 Å². The van der Waals surface area contributed by atoms with Crippen LogP contribution in [0, 0.1) is 13.8 Å². The van der Waals surface area contributed by atoms with Crippen LogP contribution in [0.25, 0.3) is 11.0 Å². The molecule has 0 aliphatic rings. The minimum atomic E-state index is -4.60. The van der Waals surface area contributed by atoms with Gasteiger partial charge < -0.3 is 10.1 Å². The van der Waals surface area contributed by atoms with E-state index >= 15 is 0 Å². The van der Waals surface area contributed by atoms with Crippen LogP contribution in [0.4, 0.5) is 18.9 Å². The number of aryl methyl sites for hydroxylation is 2. The highest BCUT2D eigenvalue weighted by atomic mass is 19.4. The Kier molecular flexibility index (Phi) is 4.73. The van der Waals surface area contributed by atoms with E-state index in [1.54, 1.807) is 12.1 Å². The lowest BCUT2D eigenvalue weighted by Crippen LogP contribution is -2.19. The number of amides is 1. The van der Waals surface area contributed by atoms with E-state index in [1.807, 2.05) is 13.8 Å². The summed E-state index contributed by atoms with van der Waals surface area (Å²) in [5, 5.41) is 2.26. The van der Waals surface area contributed by atoms with Crippen molar-refractivity contribution in [2.24, 2.45) is 0 Å². The fourth-order valence-corrected chi connectivity index (χ4v) is 2.61. The van der Waals surface area contributed by atoms with Gasteiger partial charge in [-0.15, -0.1) is 0 Å². The van der Waals surface area contributed by atoms with Crippen LogP contribution in [0.5, 0.6) is 5.88 Å². The number of hydrogen-bond donors (Lipinski definition) is 1. The third-order valence-electron chi connectivity index (χ3n) is 4.14. The Hall–Kier alpha value is -3.16. The minimum absolute atomic E-state index is 0.0623. The Labute approximate surface area is 153 Å². The van der Waals surface area contributed by atoms with Crippen LogP contribution in [-0.4, -0.2) is 23.0 Å². The van der Waals surface area contributed by atoms with Crippen LogP contribution in [-0.2, 0) is 6.18 Å². The van der Waals surface area contributed by atoms with Crippen molar-refractivity contribution in [3.63, 3.8) is 0 Å². The summed E-state index contributed by atoms with van der Waals surface area (Å²) in [6.07, 6.45) is -4.60. The SMILES string of the molecule is COc1nc2cc(C)c(C)cc2nc1C(=O)Nc1ccccc1C(F)(F)F. The summed E-state index contributed by atoms with van der Waals surface area (Å²) in [5.74, 6) is -0.899. The van der Waals surface area contributed by atoms with E-state index in [0.717, 1.165) is 17.2 Å². The molecule has 0 radical (unpaired) electrons. The first-order chi connectivity index (χ1) is 12.7. The number of halogens is 3. The van der Waals surface area contributed by atoms with E-state index in [2.05, 4.69) is 15.3 Å². The van der Waals surface area contributed by atoms with Gasteiger partial charge in [-0.25, -0.2) is 9.97 Å². The van der Waals surface area contributed by atoms with E-state index in [9.17, 15) is 18.0 Å². The number of fused-ring (bicyclic) bond motifs is 1. The highest BCUT2D eigenvalue weighted by Gasteiger charge is 2.34. The van der Waals surface area contributed by atoms with Crippen molar-refractivity contribution < 1.29 is 22.7 Å². The van der Waals surface area contributed by atoms with Gasteiger partial charge in [-0.05, 0) is 49.2 Å². The lowest BCUT2D eigenvalue weighted by Gasteiger charge is -2.14. The first kappa shape index (κ1) is 18.6. The molecule has 0 aliphatic carbocycles. The molecule has 1 heterocycles. The largest absolute Gasteiger partial charge is 0.479 e. The standard InChI is InChI=1S/C19H16F3N3O2/c1-10-8-14-15(9-11(10)2)25-18(27-3)16(23-14)17(26)24-13-7-5-4-6-12(13)19(20,21)22/h4-9H,1-3H3,(H,24,26). The Morgan fingerprint density at radius 3 is 2.22 bits per heavy atom. The van der Waals surface area contributed by atoms with Crippen LogP contribution in [0.3, 0.4) is 0 Å². The van der Waals surface area contributed by atoms with E-state index in [0.29, 0.717) is 11.0 Å². The second kappa shape index (κ2) is 6.86. The monoisotopic (exact) mass is 375 g/mol. The first-order valence-electron chi connectivity index (χ1n) is 8.01. The topological polar surface area (TPSA) is 64.1 Å². The molecule has 27 heavy (non-hydrogen) atoms. The summed E-state index contributed by atoms with van der Waals surface area (Å²) >= 11 is 0. The number of nitrogens with zero attached hydrogens (tertiary/aromatic N) is 2. The molecule has 0 aliphatic heterocycles. The lowest BCUT2D eigenvalue weighted by atomic mass is 10.1. The van der Waals surface area contributed by atoms with Gasteiger partial charge in [-0.1, -0.05) is 12.1 Å². The van der Waals surface area contributed by atoms with Crippen LogP contribution in [0.15, 0.2) is 36.4 Å². The van der Waals surface area contributed by atoms with Crippen molar-refractivity contribution in [3.8, 4) is 5.88 Å². The highest BCUT2D eigenvalue weighted by Crippen LogP contribution is 2.35. The molecular formula is C19H16F3N3O2. The van der Waals surface area contributed by atoms with Gasteiger partial charge in [0, 0.05) is 0 Å². The number of aromatic nitrogens is 2. The molecule has 0 saturated heterocycles. The molecule has 1 N–H and O–H groups in total. The normalized spacial score (nSPS) is 11.5. The number of benzene rings is 2. The first-order valence-corrected chi connectivity index (χ1v) is 8.01.